The predicted octanol–water partition coefficient (Wildman–Crippen LogP) is 1.02. The Morgan fingerprint density at radius 3 is 2.74 bits per heavy atom. The van der Waals surface area contributed by atoms with Crippen molar-refractivity contribution in [3.05, 3.63) is 12.2 Å². The Morgan fingerprint density at radius 2 is 2.21 bits per heavy atom. The molecule has 1 unspecified atom stereocenters. The number of H-pyrrole nitrogens is 1. The Kier molecular flexibility index (Phi) is 3.82. The zero-order valence-corrected chi connectivity index (χ0v) is 10.8. The van der Waals surface area contributed by atoms with Crippen LogP contribution in [0.25, 0.3) is 0 Å². The van der Waals surface area contributed by atoms with E-state index in [0.29, 0.717) is 18.7 Å². The molecule has 19 heavy (non-hydrogen) atoms. The van der Waals surface area contributed by atoms with Crippen LogP contribution in [0.3, 0.4) is 0 Å². The van der Waals surface area contributed by atoms with E-state index >= 15 is 0 Å². The molecule has 0 spiro atoms. The fourth-order valence-corrected chi connectivity index (χ4v) is 2.61. The van der Waals surface area contributed by atoms with E-state index in [1.165, 1.54) is 6.33 Å². The lowest BCUT2D eigenvalue weighted by molar-refractivity contribution is -0.151. The van der Waals surface area contributed by atoms with Crippen molar-refractivity contribution >= 4 is 11.9 Å². The number of aromatic amines is 1. The first-order chi connectivity index (χ1) is 9.03. The number of rotatable bonds is 5. The zero-order valence-electron chi connectivity index (χ0n) is 10.8. The van der Waals surface area contributed by atoms with Gasteiger partial charge in [0.05, 0.1) is 11.5 Å². The van der Waals surface area contributed by atoms with Gasteiger partial charge in [-0.3, -0.25) is 14.7 Å². The third-order valence-corrected chi connectivity index (χ3v) is 3.73. The molecule has 1 aliphatic rings. The lowest BCUT2D eigenvalue weighted by atomic mass is 9.82. The molecule has 3 N–H and O–H groups in total. The Bertz CT molecular complexity index is 452. The number of amides is 1. The molecule has 2 rings (SSSR count). The van der Waals surface area contributed by atoms with Crippen molar-refractivity contribution in [2.45, 2.75) is 45.1 Å². The highest BCUT2D eigenvalue weighted by Gasteiger charge is 2.43. The molecule has 0 aromatic carbocycles. The van der Waals surface area contributed by atoms with Crippen LogP contribution in [0.2, 0.25) is 0 Å². The normalized spacial score (nSPS) is 19.0. The second-order valence-corrected chi connectivity index (χ2v) is 5.13. The number of aromatic nitrogens is 3. The van der Waals surface area contributed by atoms with Crippen LogP contribution >= 0.6 is 0 Å². The number of nitrogens with one attached hydrogen (secondary N) is 2. The molecular weight excluding hydrogens is 248 g/mol. The second-order valence-electron chi connectivity index (χ2n) is 5.13. The molecule has 7 heteroatoms. The summed E-state index contributed by atoms with van der Waals surface area (Å²) in [5.41, 5.74) is -0.884. The van der Waals surface area contributed by atoms with E-state index in [2.05, 4.69) is 20.5 Å². The maximum Gasteiger partial charge on any atom is 0.310 e. The van der Waals surface area contributed by atoms with Crippen LogP contribution in [0.15, 0.2) is 6.33 Å². The maximum atomic E-state index is 12.0. The zero-order chi connectivity index (χ0) is 13.9. The monoisotopic (exact) mass is 266 g/mol. The van der Waals surface area contributed by atoms with Gasteiger partial charge in [0, 0.05) is 6.42 Å². The third kappa shape index (κ3) is 2.91. The van der Waals surface area contributed by atoms with E-state index in [9.17, 15) is 14.7 Å². The number of carboxylic acids is 1. The molecule has 1 aromatic heterocycles. The fourth-order valence-electron chi connectivity index (χ4n) is 2.61. The van der Waals surface area contributed by atoms with Gasteiger partial charge in [-0.2, -0.15) is 5.10 Å². The number of carboxylic acid groups (broad SMARTS) is 1. The molecule has 104 valence electrons. The molecule has 1 aliphatic carbocycles. The van der Waals surface area contributed by atoms with Gasteiger partial charge in [-0.1, -0.05) is 12.8 Å². The lowest BCUT2D eigenvalue weighted by Crippen LogP contribution is -2.36. The molecule has 0 saturated heterocycles. The number of hydrogen-bond acceptors (Lipinski definition) is 4. The van der Waals surface area contributed by atoms with Gasteiger partial charge in [0.2, 0.25) is 5.91 Å². The van der Waals surface area contributed by atoms with Gasteiger partial charge < -0.3 is 10.4 Å². The van der Waals surface area contributed by atoms with E-state index < -0.39 is 11.4 Å². The Labute approximate surface area is 110 Å². The number of carbonyl (C=O) groups excluding carboxylic acids is 1. The molecule has 0 bridgehead atoms. The summed E-state index contributed by atoms with van der Waals surface area (Å²) < 4.78 is 0. The van der Waals surface area contributed by atoms with Crippen LogP contribution in [0.5, 0.6) is 0 Å². The van der Waals surface area contributed by atoms with Gasteiger partial charge in [-0.05, 0) is 19.8 Å². The van der Waals surface area contributed by atoms with Crippen LogP contribution in [-0.2, 0) is 9.59 Å². The molecule has 1 heterocycles. The summed E-state index contributed by atoms with van der Waals surface area (Å²) in [4.78, 5) is 27.3. The van der Waals surface area contributed by atoms with Crippen molar-refractivity contribution in [1.29, 1.82) is 0 Å². The summed E-state index contributed by atoms with van der Waals surface area (Å²) in [7, 11) is 0. The highest BCUT2D eigenvalue weighted by molar-refractivity contribution is 5.85. The average Bonchev–Trinajstić information content (AvgIpc) is 2.99. The molecule has 1 aromatic rings. The standard InChI is InChI=1S/C12H18N4O3/c1-8(10-13-7-14-16-10)15-9(17)6-12(11(18)19)4-2-3-5-12/h7-8H,2-6H2,1H3,(H,15,17)(H,18,19)(H,13,14,16). The number of nitrogens with zero attached hydrogens (tertiary/aromatic N) is 2. The minimum atomic E-state index is -0.884. The van der Waals surface area contributed by atoms with Crippen LogP contribution in [0.4, 0.5) is 0 Å². The van der Waals surface area contributed by atoms with Crippen LogP contribution < -0.4 is 5.32 Å². The van der Waals surface area contributed by atoms with Gasteiger partial charge in [0.25, 0.3) is 0 Å². The molecule has 1 saturated carbocycles. The summed E-state index contributed by atoms with van der Waals surface area (Å²) in [5.74, 6) is -0.565. The summed E-state index contributed by atoms with van der Waals surface area (Å²) >= 11 is 0. The molecule has 1 atom stereocenters. The van der Waals surface area contributed by atoms with E-state index in [-0.39, 0.29) is 18.4 Å². The lowest BCUT2D eigenvalue weighted by Gasteiger charge is -2.23. The largest absolute Gasteiger partial charge is 0.481 e. The number of carbonyl (C=O) groups is 2. The number of hydrogen-bond donors (Lipinski definition) is 3. The maximum absolute atomic E-state index is 12.0. The van der Waals surface area contributed by atoms with Gasteiger partial charge in [0.1, 0.15) is 12.2 Å². The van der Waals surface area contributed by atoms with Gasteiger partial charge in [0.15, 0.2) is 0 Å². The van der Waals surface area contributed by atoms with Crippen LogP contribution in [0, 0.1) is 5.41 Å². The van der Waals surface area contributed by atoms with Gasteiger partial charge in [-0.15, -0.1) is 0 Å². The second kappa shape index (κ2) is 5.38. The highest BCUT2D eigenvalue weighted by Crippen LogP contribution is 2.41. The van der Waals surface area contributed by atoms with Gasteiger partial charge >= 0.3 is 5.97 Å². The van der Waals surface area contributed by atoms with Gasteiger partial charge in [-0.25, -0.2) is 4.98 Å². The Morgan fingerprint density at radius 1 is 1.53 bits per heavy atom. The van der Waals surface area contributed by atoms with Crippen LogP contribution in [0.1, 0.15) is 50.9 Å². The Hall–Kier alpha value is -1.92. The summed E-state index contributed by atoms with van der Waals surface area (Å²) in [6.45, 7) is 1.78. The minimum Gasteiger partial charge on any atom is -0.481 e. The summed E-state index contributed by atoms with van der Waals surface area (Å²) in [6.07, 6.45) is 4.29. The molecular formula is C12H18N4O3. The van der Waals surface area contributed by atoms with E-state index in [1.54, 1.807) is 6.92 Å². The van der Waals surface area contributed by atoms with Crippen molar-refractivity contribution in [1.82, 2.24) is 20.5 Å². The highest BCUT2D eigenvalue weighted by atomic mass is 16.4. The molecule has 1 amide bonds. The fraction of sp³-hybridized carbons (Fsp3) is 0.667. The van der Waals surface area contributed by atoms with Crippen molar-refractivity contribution in [2.75, 3.05) is 0 Å². The smallest absolute Gasteiger partial charge is 0.310 e. The quantitative estimate of drug-likeness (QED) is 0.737. The summed E-state index contributed by atoms with van der Waals surface area (Å²) in [6, 6.07) is -0.303. The minimum absolute atomic E-state index is 0.0286. The van der Waals surface area contributed by atoms with Crippen molar-refractivity contribution in [2.24, 2.45) is 5.41 Å². The Balaban J connectivity index is 1.95. The summed E-state index contributed by atoms with van der Waals surface area (Å²) in [5, 5.41) is 18.5. The SMILES string of the molecule is CC(NC(=O)CC1(C(=O)O)CCCC1)c1ncn[nH]1. The van der Waals surface area contributed by atoms with Crippen molar-refractivity contribution in [3.63, 3.8) is 0 Å². The molecule has 7 nitrogen and oxygen atoms in total. The number of aliphatic carboxylic acids is 1. The van der Waals surface area contributed by atoms with Crippen molar-refractivity contribution in [3.8, 4) is 0 Å². The first kappa shape index (κ1) is 13.5. The topological polar surface area (TPSA) is 108 Å². The van der Waals surface area contributed by atoms with Crippen molar-refractivity contribution < 1.29 is 14.7 Å². The molecule has 0 radical (unpaired) electrons. The van der Waals surface area contributed by atoms with Crippen LogP contribution in [-0.4, -0.2) is 32.2 Å². The third-order valence-electron chi connectivity index (χ3n) is 3.73. The molecule has 0 aliphatic heterocycles. The predicted molar refractivity (Wildman–Crippen MR) is 66.1 cm³/mol. The molecule has 1 fully saturated rings. The van der Waals surface area contributed by atoms with E-state index in [0.717, 1.165) is 12.8 Å². The van der Waals surface area contributed by atoms with E-state index in [4.69, 9.17) is 0 Å². The first-order valence-corrected chi connectivity index (χ1v) is 6.41. The average molecular weight is 266 g/mol. The van der Waals surface area contributed by atoms with E-state index in [1.807, 2.05) is 0 Å². The first-order valence-electron chi connectivity index (χ1n) is 6.41.